The quantitative estimate of drug-likeness (QED) is 0.338. The number of halogens is 1. The van der Waals surface area contributed by atoms with Gasteiger partial charge in [-0.05, 0) is 67.4 Å². The Morgan fingerprint density at radius 3 is 2.62 bits per heavy atom. The summed E-state index contributed by atoms with van der Waals surface area (Å²) in [6, 6.07) is 11.2. The number of nitrogens with one attached hydrogen (secondary N) is 2. The fourth-order valence-electron chi connectivity index (χ4n) is 5.16. The van der Waals surface area contributed by atoms with Crippen molar-refractivity contribution in [2.24, 2.45) is 0 Å². The zero-order chi connectivity index (χ0) is 24.8. The molecule has 1 saturated heterocycles. The predicted molar refractivity (Wildman–Crippen MR) is 140 cm³/mol. The van der Waals surface area contributed by atoms with Gasteiger partial charge < -0.3 is 4.98 Å². The van der Waals surface area contributed by atoms with Crippen LogP contribution in [-0.4, -0.2) is 53.1 Å². The third-order valence-electron chi connectivity index (χ3n) is 6.97. The van der Waals surface area contributed by atoms with Crippen molar-refractivity contribution in [3.05, 3.63) is 78.8 Å². The highest BCUT2D eigenvalue weighted by Crippen LogP contribution is 2.34. The summed E-state index contributed by atoms with van der Waals surface area (Å²) in [4.78, 5) is 23.5. The summed E-state index contributed by atoms with van der Waals surface area (Å²) in [5.74, 6) is 0.239. The average Bonchev–Trinajstić information content (AvgIpc) is 3.68. The number of aromatic nitrogens is 7. The Kier molecular flexibility index (Phi) is 5.21. The summed E-state index contributed by atoms with van der Waals surface area (Å²) in [7, 11) is 0. The molecule has 0 spiro atoms. The summed E-state index contributed by atoms with van der Waals surface area (Å²) in [6.07, 6.45) is 11.3. The summed E-state index contributed by atoms with van der Waals surface area (Å²) in [5, 5.41) is 8.20. The first-order valence-corrected chi connectivity index (χ1v) is 12.3. The number of pyridine rings is 3. The van der Waals surface area contributed by atoms with Crippen molar-refractivity contribution < 1.29 is 4.39 Å². The molecule has 1 aliphatic heterocycles. The van der Waals surface area contributed by atoms with E-state index in [1.165, 1.54) is 18.9 Å². The Morgan fingerprint density at radius 2 is 1.76 bits per heavy atom. The maximum absolute atomic E-state index is 15.2. The number of nitrogens with zero attached hydrogens (tertiary/aromatic N) is 6. The number of rotatable bonds is 5. The molecule has 1 aromatic carbocycles. The van der Waals surface area contributed by atoms with Crippen LogP contribution in [0.25, 0.3) is 55.8 Å². The van der Waals surface area contributed by atoms with Gasteiger partial charge in [0.2, 0.25) is 0 Å². The fourth-order valence-corrected chi connectivity index (χ4v) is 5.16. The second-order valence-electron chi connectivity index (χ2n) is 9.39. The van der Waals surface area contributed by atoms with Gasteiger partial charge >= 0.3 is 0 Å². The molecule has 0 amide bonds. The van der Waals surface area contributed by atoms with Crippen molar-refractivity contribution in [2.45, 2.75) is 19.4 Å². The van der Waals surface area contributed by atoms with Crippen LogP contribution in [0, 0.1) is 5.82 Å². The molecule has 8 nitrogen and oxygen atoms in total. The number of fused-ring (bicyclic) bond motifs is 2. The van der Waals surface area contributed by atoms with Gasteiger partial charge in [-0.1, -0.05) is 0 Å². The molecule has 1 fully saturated rings. The van der Waals surface area contributed by atoms with Gasteiger partial charge in [-0.2, -0.15) is 5.10 Å². The van der Waals surface area contributed by atoms with E-state index >= 15 is 4.39 Å². The van der Waals surface area contributed by atoms with Crippen LogP contribution in [0.1, 0.15) is 18.4 Å². The minimum absolute atomic E-state index is 0.325. The first-order valence-electron chi connectivity index (χ1n) is 12.3. The van der Waals surface area contributed by atoms with E-state index in [0.29, 0.717) is 28.2 Å². The zero-order valence-corrected chi connectivity index (χ0v) is 19.9. The average molecular weight is 491 g/mol. The van der Waals surface area contributed by atoms with Crippen LogP contribution in [-0.2, 0) is 6.54 Å². The van der Waals surface area contributed by atoms with Crippen molar-refractivity contribution in [1.29, 1.82) is 0 Å². The van der Waals surface area contributed by atoms with Gasteiger partial charge in [0, 0.05) is 65.7 Å². The monoisotopic (exact) mass is 490 g/mol. The molecular formula is C28H23FN8. The largest absolute Gasteiger partial charge is 0.335 e. The number of benzene rings is 1. The molecule has 2 N–H and O–H groups in total. The normalized spacial score (nSPS) is 14.2. The molecule has 0 atom stereocenters. The summed E-state index contributed by atoms with van der Waals surface area (Å²) < 4.78 is 15.2. The molecule has 0 unspecified atom stereocenters. The van der Waals surface area contributed by atoms with Crippen LogP contribution in [0.4, 0.5) is 4.39 Å². The Labute approximate surface area is 211 Å². The molecule has 6 aromatic rings. The van der Waals surface area contributed by atoms with E-state index in [1.54, 1.807) is 24.8 Å². The highest BCUT2D eigenvalue weighted by atomic mass is 19.1. The standard InChI is InChI=1S/C28H23FN8/c29-23-13-24-22(12-21(23)19-11-17(14-31-15-19)16-37-9-1-2-10-37)26(36-35-24)28-33-25-20(5-8-32-27(25)34-28)18-3-6-30-7-4-18/h3-8,11-15H,1-2,9-10,16H2,(H,35,36)(H,32,33,34). The SMILES string of the molecule is Fc1cc2[nH]nc(-c3nc4nccc(-c5ccncc5)c4[nH]3)c2cc1-c1cncc(CN2CCCC2)c1. The number of hydrogen-bond acceptors (Lipinski definition) is 6. The van der Waals surface area contributed by atoms with Crippen molar-refractivity contribution in [3.8, 4) is 33.8 Å². The van der Waals surface area contributed by atoms with Crippen LogP contribution in [0.2, 0.25) is 0 Å². The van der Waals surface area contributed by atoms with E-state index in [4.69, 9.17) is 4.98 Å². The second kappa shape index (κ2) is 8.86. The number of H-pyrrole nitrogens is 2. The Balaban J connectivity index is 1.31. The Morgan fingerprint density at radius 1 is 0.892 bits per heavy atom. The van der Waals surface area contributed by atoms with E-state index < -0.39 is 0 Å². The summed E-state index contributed by atoms with van der Waals surface area (Å²) in [6.45, 7) is 3.02. The third-order valence-corrected chi connectivity index (χ3v) is 6.97. The highest BCUT2D eigenvalue weighted by molar-refractivity contribution is 5.97. The molecular weight excluding hydrogens is 467 g/mol. The number of imidazole rings is 1. The molecule has 6 heterocycles. The predicted octanol–water partition coefficient (Wildman–Crippen LogP) is 5.36. The molecule has 0 saturated carbocycles. The van der Waals surface area contributed by atoms with E-state index in [2.05, 4.69) is 35.0 Å². The molecule has 5 aromatic heterocycles. The Hall–Kier alpha value is -4.50. The van der Waals surface area contributed by atoms with E-state index in [0.717, 1.165) is 52.8 Å². The van der Waals surface area contributed by atoms with Crippen molar-refractivity contribution in [1.82, 2.24) is 40.0 Å². The first-order chi connectivity index (χ1) is 18.2. The maximum Gasteiger partial charge on any atom is 0.178 e. The third kappa shape index (κ3) is 3.93. The van der Waals surface area contributed by atoms with Crippen LogP contribution >= 0.6 is 0 Å². The lowest BCUT2D eigenvalue weighted by molar-refractivity contribution is 0.331. The van der Waals surface area contributed by atoms with Gasteiger partial charge in [-0.15, -0.1) is 0 Å². The van der Waals surface area contributed by atoms with Crippen molar-refractivity contribution in [3.63, 3.8) is 0 Å². The zero-order valence-electron chi connectivity index (χ0n) is 19.9. The van der Waals surface area contributed by atoms with Gasteiger partial charge in [-0.3, -0.25) is 20.0 Å². The van der Waals surface area contributed by atoms with Crippen LogP contribution in [0.15, 0.2) is 67.4 Å². The molecule has 7 rings (SSSR count). The van der Waals surface area contributed by atoms with E-state index in [9.17, 15) is 0 Å². The minimum atomic E-state index is -0.325. The van der Waals surface area contributed by atoms with Gasteiger partial charge in [0.05, 0.1) is 11.0 Å². The topological polar surface area (TPSA) is 99.3 Å². The van der Waals surface area contributed by atoms with Crippen LogP contribution in [0.3, 0.4) is 0 Å². The lowest BCUT2D eigenvalue weighted by Gasteiger charge is -2.15. The molecule has 1 aliphatic rings. The first kappa shape index (κ1) is 21.8. The Bertz CT molecular complexity index is 1730. The lowest BCUT2D eigenvalue weighted by Crippen LogP contribution is -2.18. The highest BCUT2D eigenvalue weighted by Gasteiger charge is 2.19. The number of hydrogen-bond donors (Lipinski definition) is 2. The smallest absolute Gasteiger partial charge is 0.178 e. The van der Waals surface area contributed by atoms with Crippen LogP contribution in [0.5, 0.6) is 0 Å². The second-order valence-corrected chi connectivity index (χ2v) is 9.39. The molecule has 0 radical (unpaired) electrons. The van der Waals surface area contributed by atoms with Gasteiger partial charge in [-0.25, -0.2) is 14.4 Å². The maximum atomic E-state index is 15.2. The molecule has 0 bridgehead atoms. The summed E-state index contributed by atoms with van der Waals surface area (Å²) in [5.41, 5.74) is 6.89. The fraction of sp³-hybridized carbons (Fsp3) is 0.179. The van der Waals surface area contributed by atoms with E-state index in [1.807, 2.05) is 36.5 Å². The van der Waals surface area contributed by atoms with E-state index in [-0.39, 0.29) is 5.82 Å². The van der Waals surface area contributed by atoms with Gasteiger partial charge in [0.25, 0.3) is 0 Å². The molecule has 37 heavy (non-hydrogen) atoms. The van der Waals surface area contributed by atoms with Gasteiger partial charge in [0.1, 0.15) is 11.5 Å². The van der Waals surface area contributed by atoms with Crippen LogP contribution < -0.4 is 0 Å². The van der Waals surface area contributed by atoms with Crippen molar-refractivity contribution in [2.75, 3.05) is 13.1 Å². The number of aromatic amines is 2. The summed E-state index contributed by atoms with van der Waals surface area (Å²) >= 11 is 0. The van der Waals surface area contributed by atoms with Gasteiger partial charge in [0.15, 0.2) is 11.5 Å². The minimum Gasteiger partial charge on any atom is -0.335 e. The van der Waals surface area contributed by atoms with Crippen molar-refractivity contribution >= 4 is 22.1 Å². The molecule has 9 heteroatoms. The molecule has 0 aliphatic carbocycles. The number of likely N-dealkylation sites (tertiary alicyclic amines) is 1. The lowest BCUT2D eigenvalue weighted by atomic mass is 10.0. The molecule has 182 valence electrons.